The highest BCUT2D eigenvalue weighted by Gasteiger charge is 2.23. The largest absolute Gasteiger partial charge is 0.340 e. The van der Waals surface area contributed by atoms with Crippen LogP contribution < -0.4 is 0 Å². The summed E-state index contributed by atoms with van der Waals surface area (Å²) in [5, 5.41) is 0. The van der Waals surface area contributed by atoms with Gasteiger partial charge in [-0.05, 0) is 42.8 Å². The van der Waals surface area contributed by atoms with Gasteiger partial charge in [0.25, 0.3) is 0 Å². The fourth-order valence-electron chi connectivity index (χ4n) is 4.35. The number of amides is 1. The van der Waals surface area contributed by atoms with Crippen molar-refractivity contribution in [1.29, 1.82) is 0 Å². The van der Waals surface area contributed by atoms with E-state index in [1.54, 1.807) is 30.6 Å². The van der Waals surface area contributed by atoms with Crippen molar-refractivity contribution in [3.8, 4) is 0 Å². The minimum Gasteiger partial charge on any atom is -0.340 e. The summed E-state index contributed by atoms with van der Waals surface area (Å²) in [5.74, 6) is 0.940. The summed E-state index contributed by atoms with van der Waals surface area (Å²) in [6.07, 6.45) is 4.52. The zero-order valence-corrected chi connectivity index (χ0v) is 20.8. The first-order chi connectivity index (χ1) is 16.3. The molecule has 1 aliphatic rings. The first kappa shape index (κ1) is 24.3. The van der Waals surface area contributed by atoms with E-state index < -0.39 is 10.0 Å². The summed E-state index contributed by atoms with van der Waals surface area (Å²) in [7, 11) is -0.499. The number of rotatable bonds is 8. The highest BCUT2D eigenvalue weighted by molar-refractivity contribution is 7.89. The van der Waals surface area contributed by atoms with Crippen LogP contribution in [0.15, 0.2) is 47.6 Å². The quantitative estimate of drug-likeness (QED) is 0.486. The van der Waals surface area contributed by atoms with Crippen molar-refractivity contribution in [2.45, 2.75) is 37.8 Å². The Hall–Kier alpha value is -2.82. The first-order valence-corrected chi connectivity index (χ1v) is 13.0. The summed E-state index contributed by atoms with van der Waals surface area (Å²) in [6, 6.07) is 9.08. The third kappa shape index (κ3) is 5.13. The molecule has 1 amide bonds. The van der Waals surface area contributed by atoms with E-state index in [1.165, 1.54) is 24.0 Å². The summed E-state index contributed by atoms with van der Waals surface area (Å²) >= 11 is 0. The van der Waals surface area contributed by atoms with E-state index in [0.717, 1.165) is 44.1 Å². The molecule has 4 rings (SSSR count). The molecule has 1 aromatic carbocycles. The molecular weight excluding hydrogens is 452 g/mol. The minimum absolute atomic E-state index is 0.133. The van der Waals surface area contributed by atoms with Gasteiger partial charge in [0.2, 0.25) is 15.9 Å². The molecule has 182 valence electrons. The number of aromatic nitrogens is 3. The van der Waals surface area contributed by atoms with Crippen LogP contribution in [0.25, 0.3) is 11.0 Å². The summed E-state index contributed by atoms with van der Waals surface area (Å²) in [6.45, 7) is 6.75. The van der Waals surface area contributed by atoms with Crippen molar-refractivity contribution in [1.82, 2.24) is 28.6 Å². The second kappa shape index (κ2) is 10.2. The summed E-state index contributed by atoms with van der Waals surface area (Å²) in [5.41, 5.74) is 2.75. The van der Waals surface area contributed by atoms with E-state index in [2.05, 4.69) is 19.4 Å². The molecule has 3 aromatic rings. The molecule has 34 heavy (non-hydrogen) atoms. The predicted molar refractivity (Wildman–Crippen MR) is 131 cm³/mol. The Morgan fingerprint density at radius 2 is 1.76 bits per heavy atom. The number of hydrogen-bond donors (Lipinski definition) is 0. The topological polar surface area (TPSA) is 91.6 Å². The molecule has 3 heterocycles. The van der Waals surface area contributed by atoms with E-state index in [0.29, 0.717) is 24.9 Å². The van der Waals surface area contributed by atoms with Crippen LogP contribution in [-0.2, 0) is 34.3 Å². The maximum atomic E-state index is 12.9. The zero-order valence-electron chi connectivity index (χ0n) is 20.0. The van der Waals surface area contributed by atoms with E-state index in [1.807, 2.05) is 24.0 Å². The second-order valence-corrected chi connectivity index (χ2v) is 10.9. The standard InChI is InChI=1S/C24H32N6O3S/c1-4-30-22-6-5-20(34(32,33)27(2)3)17-21(22)26-23(30)7-8-24(31)29-15-13-28(14-16-29)18-19-9-11-25-12-10-19/h5-6,9-12,17H,4,7-8,13-16,18H2,1-3H3. The molecule has 0 unspecified atom stereocenters. The fourth-order valence-corrected chi connectivity index (χ4v) is 5.28. The van der Waals surface area contributed by atoms with Gasteiger partial charge < -0.3 is 9.47 Å². The molecule has 0 radical (unpaired) electrons. The number of pyridine rings is 1. The van der Waals surface area contributed by atoms with Gasteiger partial charge in [-0.25, -0.2) is 17.7 Å². The predicted octanol–water partition coefficient (Wildman–Crippen LogP) is 1.98. The van der Waals surface area contributed by atoms with Gasteiger partial charge in [-0.1, -0.05) is 0 Å². The molecule has 10 heteroatoms. The number of fused-ring (bicyclic) bond motifs is 1. The van der Waals surface area contributed by atoms with Crippen LogP contribution in [0.5, 0.6) is 0 Å². The first-order valence-electron chi connectivity index (χ1n) is 11.6. The van der Waals surface area contributed by atoms with Gasteiger partial charge in [0, 0.05) is 78.6 Å². The second-order valence-electron chi connectivity index (χ2n) is 8.72. The third-order valence-corrected chi connectivity index (χ3v) is 8.15. The number of sulfonamides is 1. The Morgan fingerprint density at radius 1 is 1.06 bits per heavy atom. The number of carbonyl (C=O) groups is 1. The SMILES string of the molecule is CCn1c(CCC(=O)N2CCN(Cc3ccncc3)CC2)nc2cc(S(=O)(=O)N(C)C)ccc21. The molecule has 1 aliphatic heterocycles. The zero-order chi connectivity index (χ0) is 24.3. The van der Waals surface area contributed by atoms with Crippen LogP contribution in [-0.4, -0.2) is 83.2 Å². The van der Waals surface area contributed by atoms with Crippen molar-refractivity contribution in [3.05, 3.63) is 54.1 Å². The van der Waals surface area contributed by atoms with Gasteiger partial charge in [0.15, 0.2) is 0 Å². The van der Waals surface area contributed by atoms with Gasteiger partial charge in [-0.2, -0.15) is 0 Å². The molecule has 0 spiro atoms. The van der Waals surface area contributed by atoms with Crippen molar-refractivity contribution >= 4 is 27.0 Å². The lowest BCUT2D eigenvalue weighted by molar-refractivity contribution is -0.133. The van der Waals surface area contributed by atoms with Crippen molar-refractivity contribution in [3.63, 3.8) is 0 Å². The number of hydrogen-bond acceptors (Lipinski definition) is 6. The molecule has 0 bridgehead atoms. The van der Waals surface area contributed by atoms with Crippen molar-refractivity contribution in [2.75, 3.05) is 40.3 Å². The number of nitrogens with zero attached hydrogens (tertiary/aromatic N) is 6. The average molecular weight is 485 g/mol. The van der Waals surface area contributed by atoms with Gasteiger partial charge in [0.05, 0.1) is 15.9 Å². The Morgan fingerprint density at radius 3 is 2.41 bits per heavy atom. The minimum atomic E-state index is -3.53. The summed E-state index contributed by atoms with van der Waals surface area (Å²) < 4.78 is 28.2. The molecule has 0 atom stereocenters. The smallest absolute Gasteiger partial charge is 0.242 e. The van der Waals surface area contributed by atoms with Crippen LogP contribution >= 0.6 is 0 Å². The fraction of sp³-hybridized carbons (Fsp3) is 0.458. The molecule has 0 N–H and O–H groups in total. The van der Waals surface area contributed by atoms with Crippen LogP contribution in [0.2, 0.25) is 0 Å². The van der Waals surface area contributed by atoms with Gasteiger partial charge >= 0.3 is 0 Å². The van der Waals surface area contributed by atoms with Crippen LogP contribution in [0.1, 0.15) is 24.7 Å². The van der Waals surface area contributed by atoms with Crippen LogP contribution in [0.4, 0.5) is 0 Å². The van der Waals surface area contributed by atoms with Crippen LogP contribution in [0.3, 0.4) is 0 Å². The number of imidazole rings is 1. The third-order valence-electron chi connectivity index (χ3n) is 6.34. The molecule has 1 fully saturated rings. The number of aryl methyl sites for hydroxylation is 2. The monoisotopic (exact) mass is 484 g/mol. The van der Waals surface area contributed by atoms with E-state index in [4.69, 9.17) is 0 Å². The van der Waals surface area contributed by atoms with Crippen molar-refractivity contribution < 1.29 is 13.2 Å². The summed E-state index contributed by atoms with van der Waals surface area (Å²) in [4.78, 5) is 26.1. The lowest BCUT2D eigenvalue weighted by Crippen LogP contribution is -2.48. The lowest BCUT2D eigenvalue weighted by atomic mass is 10.2. The van der Waals surface area contributed by atoms with E-state index in [-0.39, 0.29) is 10.8 Å². The average Bonchev–Trinajstić information content (AvgIpc) is 3.20. The lowest BCUT2D eigenvalue weighted by Gasteiger charge is -2.34. The van der Waals surface area contributed by atoms with Crippen molar-refractivity contribution in [2.24, 2.45) is 0 Å². The normalized spacial score (nSPS) is 15.4. The van der Waals surface area contributed by atoms with Gasteiger partial charge in [0.1, 0.15) is 5.82 Å². The molecular formula is C24H32N6O3S. The van der Waals surface area contributed by atoms with Gasteiger partial charge in [-0.3, -0.25) is 14.7 Å². The molecule has 0 saturated carbocycles. The molecule has 9 nitrogen and oxygen atoms in total. The molecule has 0 aliphatic carbocycles. The number of benzene rings is 1. The number of piperazine rings is 1. The Labute approximate surface area is 201 Å². The Bertz CT molecular complexity index is 1250. The Kier molecular flexibility index (Phi) is 7.30. The van der Waals surface area contributed by atoms with E-state index >= 15 is 0 Å². The molecule has 1 saturated heterocycles. The van der Waals surface area contributed by atoms with Crippen LogP contribution in [0, 0.1) is 0 Å². The van der Waals surface area contributed by atoms with Gasteiger partial charge in [-0.15, -0.1) is 0 Å². The highest BCUT2D eigenvalue weighted by Crippen LogP contribution is 2.23. The highest BCUT2D eigenvalue weighted by atomic mass is 32.2. The maximum absolute atomic E-state index is 12.9. The van der Waals surface area contributed by atoms with E-state index in [9.17, 15) is 13.2 Å². The molecule has 2 aromatic heterocycles. The Balaban J connectivity index is 1.38. The maximum Gasteiger partial charge on any atom is 0.242 e. The number of carbonyl (C=O) groups excluding carboxylic acids is 1.